The molecule has 7 nitrogen and oxygen atoms in total. The van der Waals surface area contributed by atoms with Crippen LogP contribution in [0.4, 0.5) is 11.8 Å². The highest BCUT2D eigenvalue weighted by Gasteiger charge is 2.07. The Labute approximate surface area is 112 Å². The number of nitrogen functional groups attached to an aromatic ring is 2. The fourth-order valence-corrected chi connectivity index (χ4v) is 2.46. The second kappa shape index (κ2) is 4.75. The highest BCUT2D eigenvalue weighted by Crippen LogP contribution is 2.27. The molecule has 0 amide bonds. The number of H-pyrrole nitrogens is 1. The fourth-order valence-electron chi connectivity index (χ4n) is 1.65. The van der Waals surface area contributed by atoms with Crippen molar-refractivity contribution in [2.24, 2.45) is 5.84 Å². The molecule has 3 aromatic rings. The number of imidazole rings is 1. The first-order valence-corrected chi connectivity index (χ1v) is 6.30. The van der Waals surface area contributed by atoms with Gasteiger partial charge >= 0.3 is 0 Å². The summed E-state index contributed by atoms with van der Waals surface area (Å²) in [4.78, 5) is 15.7. The molecule has 0 aliphatic heterocycles. The Morgan fingerprint density at radius 3 is 2.79 bits per heavy atom. The second-order valence-corrected chi connectivity index (χ2v) is 4.76. The molecular formula is C11H11N7S. The number of hydrogen-bond acceptors (Lipinski definition) is 7. The number of hydrazine groups is 1. The Bertz CT molecular complexity index is 691. The summed E-state index contributed by atoms with van der Waals surface area (Å²) in [6.45, 7) is 0. The number of aromatic nitrogens is 4. The van der Waals surface area contributed by atoms with Crippen molar-refractivity contribution in [2.45, 2.75) is 10.2 Å². The Hall–Kier alpha value is -2.32. The molecule has 0 atom stereocenters. The van der Waals surface area contributed by atoms with Crippen molar-refractivity contribution in [2.75, 3.05) is 11.2 Å². The second-order valence-electron chi connectivity index (χ2n) is 3.76. The van der Waals surface area contributed by atoms with E-state index in [1.54, 1.807) is 6.07 Å². The molecule has 19 heavy (non-hydrogen) atoms. The summed E-state index contributed by atoms with van der Waals surface area (Å²) in [5, 5.41) is 1.40. The molecule has 96 valence electrons. The van der Waals surface area contributed by atoms with E-state index in [1.807, 2.05) is 24.3 Å². The highest BCUT2D eigenvalue weighted by molar-refractivity contribution is 7.99. The number of benzene rings is 1. The smallest absolute Gasteiger partial charge is 0.223 e. The molecule has 1 aromatic carbocycles. The zero-order chi connectivity index (χ0) is 13.2. The molecule has 0 saturated carbocycles. The molecule has 0 radical (unpaired) electrons. The van der Waals surface area contributed by atoms with Gasteiger partial charge in [-0.2, -0.15) is 4.98 Å². The lowest BCUT2D eigenvalue weighted by Gasteiger charge is -2.02. The van der Waals surface area contributed by atoms with Crippen LogP contribution in [0.1, 0.15) is 0 Å². The third-order valence-corrected chi connectivity index (χ3v) is 3.24. The molecule has 0 unspecified atom stereocenters. The van der Waals surface area contributed by atoms with Gasteiger partial charge in [-0.05, 0) is 23.9 Å². The molecule has 0 bridgehead atoms. The van der Waals surface area contributed by atoms with Crippen molar-refractivity contribution in [3.63, 3.8) is 0 Å². The number of nitrogens with two attached hydrogens (primary N) is 2. The topological polar surface area (TPSA) is 119 Å². The minimum atomic E-state index is 0.161. The van der Waals surface area contributed by atoms with Crippen LogP contribution in [0.25, 0.3) is 11.0 Å². The normalized spacial score (nSPS) is 10.8. The van der Waals surface area contributed by atoms with Crippen molar-refractivity contribution in [1.82, 2.24) is 19.9 Å². The van der Waals surface area contributed by atoms with Crippen LogP contribution in [0.3, 0.4) is 0 Å². The maximum atomic E-state index is 5.60. The molecule has 3 rings (SSSR count). The van der Waals surface area contributed by atoms with Gasteiger partial charge in [0.25, 0.3) is 0 Å². The third kappa shape index (κ3) is 2.44. The fraction of sp³-hybridized carbons (Fsp3) is 0. The van der Waals surface area contributed by atoms with Crippen LogP contribution in [0, 0.1) is 0 Å². The predicted molar refractivity (Wildman–Crippen MR) is 74.5 cm³/mol. The number of rotatable bonds is 3. The molecule has 0 saturated heterocycles. The summed E-state index contributed by atoms with van der Waals surface area (Å²) in [7, 11) is 0. The van der Waals surface area contributed by atoms with Crippen molar-refractivity contribution in [3.8, 4) is 0 Å². The molecule has 2 aromatic heterocycles. The summed E-state index contributed by atoms with van der Waals surface area (Å²) in [6, 6.07) is 9.50. The first kappa shape index (κ1) is 11.8. The predicted octanol–water partition coefficient (Wildman–Crippen LogP) is 1.37. The number of para-hydroxylation sites is 2. The minimum Gasteiger partial charge on any atom is -0.368 e. The Balaban J connectivity index is 1.94. The third-order valence-electron chi connectivity index (χ3n) is 2.44. The number of anilines is 2. The summed E-state index contributed by atoms with van der Waals surface area (Å²) in [5.41, 5.74) is 9.93. The van der Waals surface area contributed by atoms with Gasteiger partial charge in [0.1, 0.15) is 10.8 Å². The average molecular weight is 273 g/mol. The number of fused-ring (bicyclic) bond motifs is 1. The molecule has 0 aliphatic carbocycles. The van der Waals surface area contributed by atoms with Gasteiger partial charge in [0.2, 0.25) is 5.95 Å². The number of hydrogen-bond donors (Lipinski definition) is 4. The first-order chi connectivity index (χ1) is 9.24. The van der Waals surface area contributed by atoms with Crippen molar-refractivity contribution in [3.05, 3.63) is 30.3 Å². The zero-order valence-corrected chi connectivity index (χ0v) is 10.6. The van der Waals surface area contributed by atoms with Crippen molar-refractivity contribution in [1.29, 1.82) is 0 Å². The Kier molecular flexibility index (Phi) is 2.94. The maximum Gasteiger partial charge on any atom is 0.223 e. The van der Waals surface area contributed by atoms with E-state index in [9.17, 15) is 0 Å². The molecule has 0 aliphatic rings. The van der Waals surface area contributed by atoms with Gasteiger partial charge in [-0.1, -0.05) is 12.1 Å². The van der Waals surface area contributed by atoms with Crippen molar-refractivity contribution >= 4 is 34.6 Å². The lowest BCUT2D eigenvalue weighted by Crippen LogP contribution is -2.10. The van der Waals surface area contributed by atoms with E-state index >= 15 is 0 Å². The molecule has 2 heterocycles. The number of aromatic amines is 1. The largest absolute Gasteiger partial charge is 0.368 e. The molecule has 6 N–H and O–H groups in total. The van der Waals surface area contributed by atoms with Gasteiger partial charge in [-0.15, -0.1) is 0 Å². The van der Waals surface area contributed by atoms with Gasteiger partial charge in [-0.25, -0.2) is 15.8 Å². The first-order valence-electron chi connectivity index (χ1n) is 5.48. The molecular weight excluding hydrogens is 262 g/mol. The summed E-state index contributed by atoms with van der Waals surface area (Å²) >= 11 is 1.36. The van der Waals surface area contributed by atoms with Gasteiger partial charge in [0.15, 0.2) is 5.16 Å². The standard InChI is InChI=1S/C11H11N7S/c12-10-16-8(18-13)5-9(17-10)19-11-14-6-3-1-2-4-7(6)15-11/h1-5H,13H2,(H,14,15)(H3,12,16,17,18). The number of nitrogens with one attached hydrogen (secondary N) is 2. The average Bonchev–Trinajstić information content (AvgIpc) is 2.80. The van der Waals surface area contributed by atoms with Crippen LogP contribution in [-0.2, 0) is 0 Å². The minimum absolute atomic E-state index is 0.161. The van der Waals surface area contributed by atoms with Crippen LogP contribution in [0.2, 0.25) is 0 Å². The molecule has 8 heteroatoms. The van der Waals surface area contributed by atoms with E-state index in [0.717, 1.165) is 16.2 Å². The van der Waals surface area contributed by atoms with Crippen LogP contribution >= 0.6 is 11.8 Å². The SMILES string of the molecule is NNc1cc(Sc2nc3ccccc3[nH]2)nc(N)n1. The highest BCUT2D eigenvalue weighted by atomic mass is 32.2. The quantitative estimate of drug-likeness (QED) is 0.323. The van der Waals surface area contributed by atoms with Gasteiger partial charge in [0.05, 0.1) is 11.0 Å². The van der Waals surface area contributed by atoms with E-state index in [1.165, 1.54) is 11.8 Å². The van der Waals surface area contributed by atoms with E-state index in [2.05, 4.69) is 25.4 Å². The van der Waals surface area contributed by atoms with Gasteiger partial charge in [0, 0.05) is 6.07 Å². The summed E-state index contributed by atoms with van der Waals surface area (Å²) in [6.07, 6.45) is 0. The van der Waals surface area contributed by atoms with Crippen molar-refractivity contribution < 1.29 is 0 Å². The summed E-state index contributed by atoms with van der Waals surface area (Å²) < 4.78 is 0. The van der Waals surface area contributed by atoms with Crippen LogP contribution in [0.5, 0.6) is 0 Å². The Morgan fingerprint density at radius 1 is 1.16 bits per heavy atom. The van der Waals surface area contributed by atoms with Crippen LogP contribution in [0.15, 0.2) is 40.5 Å². The monoisotopic (exact) mass is 273 g/mol. The lowest BCUT2D eigenvalue weighted by molar-refractivity contribution is 1.03. The summed E-state index contributed by atoms with van der Waals surface area (Å²) in [5.74, 6) is 5.94. The van der Waals surface area contributed by atoms with E-state index in [-0.39, 0.29) is 5.95 Å². The maximum absolute atomic E-state index is 5.60. The van der Waals surface area contributed by atoms with Gasteiger partial charge in [-0.3, -0.25) is 0 Å². The number of nitrogens with zero attached hydrogens (tertiary/aromatic N) is 3. The van der Waals surface area contributed by atoms with Gasteiger partial charge < -0.3 is 16.1 Å². The van der Waals surface area contributed by atoms with Crippen LogP contribution in [-0.4, -0.2) is 19.9 Å². The zero-order valence-electron chi connectivity index (χ0n) is 9.79. The molecule has 0 fully saturated rings. The Morgan fingerprint density at radius 2 is 2.00 bits per heavy atom. The van der Waals surface area contributed by atoms with E-state index in [4.69, 9.17) is 11.6 Å². The lowest BCUT2D eigenvalue weighted by atomic mass is 10.3. The van der Waals surface area contributed by atoms with Crippen LogP contribution < -0.4 is 17.0 Å². The van der Waals surface area contributed by atoms with E-state index < -0.39 is 0 Å². The molecule has 0 spiro atoms. The van der Waals surface area contributed by atoms with E-state index in [0.29, 0.717) is 10.8 Å².